The molecule has 0 aliphatic rings. The van der Waals surface area contributed by atoms with Crippen LogP contribution in [0.5, 0.6) is 0 Å². The quantitative estimate of drug-likeness (QED) is 0.777. The van der Waals surface area contributed by atoms with E-state index in [1.54, 1.807) is 6.92 Å². The number of rotatable bonds is 2. The van der Waals surface area contributed by atoms with Crippen LogP contribution in [0, 0.1) is 6.92 Å². The monoisotopic (exact) mass is 193 g/mol. The van der Waals surface area contributed by atoms with E-state index in [1.807, 2.05) is 0 Å². The highest BCUT2D eigenvalue weighted by molar-refractivity contribution is 5.39. The summed E-state index contributed by atoms with van der Waals surface area (Å²) in [4.78, 5) is 0. The van der Waals surface area contributed by atoms with E-state index in [0.717, 1.165) is 0 Å². The van der Waals surface area contributed by atoms with Crippen molar-refractivity contribution in [1.82, 2.24) is 9.78 Å². The smallest absolute Gasteiger partial charge is 0.390 e. The Balaban J connectivity index is 2.60. The van der Waals surface area contributed by atoms with Crippen LogP contribution in [0.4, 0.5) is 18.9 Å². The van der Waals surface area contributed by atoms with Crippen LogP contribution < -0.4 is 5.73 Å². The molecule has 0 saturated heterocycles. The summed E-state index contributed by atoms with van der Waals surface area (Å²) in [6.45, 7) is 1.46. The summed E-state index contributed by atoms with van der Waals surface area (Å²) in [5, 5.41) is 3.71. The third-order valence-electron chi connectivity index (χ3n) is 1.75. The van der Waals surface area contributed by atoms with Gasteiger partial charge in [-0.1, -0.05) is 0 Å². The minimum atomic E-state index is -4.15. The molecule has 0 aromatic carbocycles. The lowest BCUT2D eigenvalue weighted by Gasteiger charge is -2.07. The predicted molar refractivity (Wildman–Crippen MR) is 42.0 cm³/mol. The number of nitrogens with two attached hydrogens (primary N) is 1. The Hall–Kier alpha value is -1.20. The SMILES string of the molecule is Cc1c(N)cnn1CCC(F)(F)F. The van der Waals surface area contributed by atoms with Gasteiger partial charge in [-0.15, -0.1) is 0 Å². The van der Waals surface area contributed by atoms with Gasteiger partial charge in [-0.05, 0) is 6.92 Å². The van der Waals surface area contributed by atoms with Crippen LogP contribution in [0.25, 0.3) is 0 Å². The average molecular weight is 193 g/mol. The summed E-state index contributed by atoms with van der Waals surface area (Å²) in [5.41, 5.74) is 6.41. The Kier molecular flexibility index (Phi) is 2.49. The van der Waals surface area contributed by atoms with Crippen molar-refractivity contribution in [2.75, 3.05) is 5.73 Å². The first-order valence-corrected chi connectivity index (χ1v) is 3.75. The van der Waals surface area contributed by atoms with Crippen molar-refractivity contribution in [2.45, 2.75) is 26.1 Å². The van der Waals surface area contributed by atoms with E-state index < -0.39 is 12.6 Å². The van der Waals surface area contributed by atoms with Gasteiger partial charge in [0.15, 0.2) is 0 Å². The van der Waals surface area contributed by atoms with Gasteiger partial charge in [-0.25, -0.2) is 0 Å². The first-order chi connectivity index (χ1) is 5.90. The fraction of sp³-hybridized carbons (Fsp3) is 0.571. The van der Waals surface area contributed by atoms with E-state index in [4.69, 9.17) is 5.73 Å². The standard InChI is InChI=1S/C7H10F3N3/c1-5-6(11)4-12-13(5)3-2-7(8,9)10/h4H,2-3,11H2,1H3. The summed E-state index contributed by atoms with van der Waals surface area (Å²) in [6.07, 6.45) is -3.67. The third kappa shape index (κ3) is 2.64. The van der Waals surface area contributed by atoms with Crippen molar-refractivity contribution < 1.29 is 13.2 Å². The number of nitrogen functional groups attached to an aromatic ring is 1. The Morgan fingerprint density at radius 1 is 1.54 bits per heavy atom. The van der Waals surface area contributed by atoms with Crippen molar-refractivity contribution >= 4 is 5.69 Å². The number of aromatic nitrogens is 2. The third-order valence-corrected chi connectivity index (χ3v) is 1.75. The zero-order chi connectivity index (χ0) is 10.1. The molecule has 0 spiro atoms. The molecule has 0 atom stereocenters. The van der Waals surface area contributed by atoms with Gasteiger partial charge in [0.25, 0.3) is 0 Å². The lowest BCUT2D eigenvalue weighted by molar-refractivity contribution is -0.137. The van der Waals surface area contributed by atoms with Crippen LogP contribution in [0.15, 0.2) is 6.20 Å². The van der Waals surface area contributed by atoms with E-state index in [9.17, 15) is 13.2 Å². The van der Waals surface area contributed by atoms with Crippen LogP contribution in [0.3, 0.4) is 0 Å². The molecule has 0 aliphatic heterocycles. The van der Waals surface area contributed by atoms with E-state index in [-0.39, 0.29) is 6.54 Å². The van der Waals surface area contributed by atoms with Crippen LogP contribution in [0.2, 0.25) is 0 Å². The molecule has 1 aromatic rings. The van der Waals surface area contributed by atoms with Crippen molar-refractivity contribution in [3.8, 4) is 0 Å². The molecule has 1 aromatic heterocycles. The molecule has 6 heteroatoms. The second-order valence-corrected chi connectivity index (χ2v) is 2.77. The highest BCUT2D eigenvalue weighted by Gasteiger charge is 2.27. The maximum absolute atomic E-state index is 11.8. The maximum Gasteiger partial charge on any atom is 0.390 e. The second-order valence-electron chi connectivity index (χ2n) is 2.77. The Bertz CT molecular complexity index is 290. The number of nitrogens with zero attached hydrogens (tertiary/aromatic N) is 2. The molecule has 0 amide bonds. The van der Waals surface area contributed by atoms with Crippen LogP contribution in [-0.4, -0.2) is 16.0 Å². The van der Waals surface area contributed by atoms with Gasteiger partial charge in [-0.3, -0.25) is 4.68 Å². The van der Waals surface area contributed by atoms with Gasteiger partial charge in [0.1, 0.15) is 0 Å². The number of hydrogen-bond acceptors (Lipinski definition) is 2. The molecule has 3 nitrogen and oxygen atoms in total. The van der Waals surface area contributed by atoms with Crippen molar-refractivity contribution in [3.05, 3.63) is 11.9 Å². The molecule has 0 unspecified atom stereocenters. The summed E-state index contributed by atoms with van der Waals surface area (Å²) in [7, 11) is 0. The summed E-state index contributed by atoms with van der Waals surface area (Å²) >= 11 is 0. The normalized spacial score (nSPS) is 12.0. The van der Waals surface area contributed by atoms with Gasteiger partial charge < -0.3 is 5.73 Å². The molecule has 1 rings (SSSR count). The predicted octanol–water partition coefficient (Wildman–Crippen LogP) is 1.73. The molecule has 74 valence electrons. The lowest BCUT2D eigenvalue weighted by atomic mass is 10.4. The molecule has 0 bridgehead atoms. The maximum atomic E-state index is 11.8. The molecule has 13 heavy (non-hydrogen) atoms. The molecule has 0 fully saturated rings. The average Bonchev–Trinajstić information content (AvgIpc) is 2.29. The van der Waals surface area contributed by atoms with Crippen molar-refractivity contribution in [1.29, 1.82) is 0 Å². The van der Waals surface area contributed by atoms with Crippen molar-refractivity contribution in [2.24, 2.45) is 0 Å². The minimum Gasteiger partial charge on any atom is -0.396 e. The van der Waals surface area contributed by atoms with Gasteiger partial charge in [0, 0.05) is 6.54 Å². The number of hydrogen-bond donors (Lipinski definition) is 1. The molecule has 2 N–H and O–H groups in total. The zero-order valence-electron chi connectivity index (χ0n) is 7.10. The van der Waals surface area contributed by atoms with Crippen LogP contribution in [0.1, 0.15) is 12.1 Å². The largest absolute Gasteiger partial charge is 0.396 e. The lowest BCUT2D eigenvalue weighted by Crippen LogP contribution is -2.13. The molecule has 0 aliphatic carbocycles. The van der Waals surface area contributed by atoms with Crippen LogP contribution >= 0.6 is 0 Å². The second kappa shape index (κ2) is 3.27. The first-order valence-electron chi connectivity index (χ1n) is 3.75. The Labute approximate surface area is 73.3 Å². The van der Waals surface area contributed by atoms with E-state index in [2.05, 4.69) is 5.10 Å². The van der Waals surface area contributed by atoms with Gasteiger partial charge >= 0.3 is 6.18 Å². The minimum absolute atomic E-state index is 0.174. The summed E-state index contributed by atoms with van der Waals surface area (Å²) in [5.74, 6) is 0. The van der Waals surface area contributed by atoms with Gasteiger partial charge in [0.05, 0.1) is 24.0 Å². The fourth-order valence-corrected chi connectivity index (χ4v) is 0.919. The number of anilines is 1. The first kappa shape index (κ1) is 9.88. The Morgan fingerprint density at radius 3 is 2.54 bits per heavy atom. The van der Waals surface area contributed by atoms with E-state index in [1.165, 1.54) is 10.9 Å². The Morgan fingerprint density at radius 2 is 2.15 bits per heavy atom. The number of alkyl halides is 3. The van der Waals surface area contributed by atoms with Gasteiger partial charge in [-0.2, -0.15) is 18.3 Å². The number of halogens is 3. The van der Waals surface area contributed by atoms with Crippen molar-refractivity contribution in [3.63, 3.8) is 0 Å². The highest BCUT2D eigenvalue weighted by Crippen LogP contribution is 2.21. The van der Waals surface area contributed by atoms with Crippen LogP contribution in [-0.2, 0) is 6.54 Å². The highest BCUT2D eigenvalue weighted by atomic mass is 19.4. The molecular formula is C7H10F3N3. The summed E-state index contributed by atoms with van der Waals surface area (Å²) in [6, 6.07) is 0. The topological polar surface area (TPSA) is 43.8 Å². The zero-order valence-corrected chi connectivity index (χ0v) is 7.10. The molecular weight excluding hydrogens is 183 g/mol. The molecule has 0 saturated carbocycles. The molecule has 1 heterocycles. The van der Waals surface area contributed by atoms with Gasteiger partial charge in [0.2, 0.25) is 0 Å². The summed E-state index contributed by atoms with van der Waals surface area (Å²) < 4.78 is 36.7. The fourth-order valence-electron chi connectivity index (χ4n) is 0.919. The molecule has 0 radical (unpaired) electrons. The number of aryl methyl sites for hydroxylation is 1. The van der Waals surface area contributed by atoms with E-state index >= 15 is 0 Å². The van der Waals surface area contributed by atoms with E-state index in [0.29, 0.717) is 11.4 Å².